The summed E-state index contributed by atoms with van der Waals surface area (Å²) >= 11 is 0. The fourth-order valence-corrected chi connectivity index (χ4v) is 3.80. The molecular formula is C14H24BNO4S. The highest BCUT2D eigenvalue weighted by molar-refractivity contribution is 7.89. The van der Waals surface area contributed by atoms with E-state index in [1.165, 1.54) is 18.2 Å². The maximum Gasteiger partial charge on any atom is 0.488 e. The first-order chi connectivity index (χ1) is 9.24. The van der Waals surface area contributed by atoms with Crippen LogP contribution >= 0.6 is 0 Å². The molecule has 1 aromatic rings. The second-order valence-corrected chi connectivity index (χ2v) is 8.89. The largest absolute Gasteiger partial charge is 0.488 e. The van der Waals surface area contributed by atoms with Gasteiger partial charge >= 0.3 is 7.12 Å². The zero-order valence-corrected chi connectivity index (χ0v) is 14.2. The van der Waals surface area contributed by atoms with Gasteiger partial charge in [-0.15, -0.1) is 0 Å². The third-order valence-electron chi connectivity index (χ3n) is 2.84. The van der Waals surface area contributed by atoms with Crippen LogP contribution in [0.25, 0.3) is 0 Å². The van der Waals surface area contributed by atoms with Crippen LogP contribution in [0.15, 0.2) is 23.1 Å². The molecule has 0 unspecified atom stereocenters. The molecule has 21 heavy (non-hydrogen) atoms. The third-order valence-corrected chi connectivity index (χ3v) is 4.66. The Hall–Kier alpha value is -0.885. The second-order valence-electron chi connectivity index (χ2n) is 7.23. The van der Waals surface area contributed by atoms with Gasteiger partial charge in [0, 0.05) is 5.54 Å². The molecule has 0 aliphatic heterocycles. The molecule has 0 heterocycles. The van der Waals surface area contributed by atoms with Crippen LogP contribution < -0.4 is 10.2 Å². The Balaban J connectivity index is 3.50. The number of sulfonamides is 1. The quantitative estimate of drug-likeness (QED) is 0.719. The SMILES string of the molecule is CC(C)(C)NS(=O)(=O)c1ccc(B(O)O)cc1C(C)(C)C. The van der Waals surface area contributed by atoms with E-state index >= 15 is 0 Å². The molecule has 1 rings (SSSR count). The molecule has 0 aliphatic rings. The number of hydrogen-bond donors (Lipinski definition) is 3. The Morgan fingerprint density at radius 2 is 1.57 bits per heavy atom. The van der Waals surface area contributed by atoms with Gasteiger partial charge in [0.1, 0.15) is 0 Å². The van der Waals surface area contributed by atoms with Crippen LogP contribution in [-0.2, 0) is 15.4 Å². The normalized spacial score (nSPS) is 13.3. The van der Waals surface area contributed by atoms with E-state index in [0.29, 0.717) is 5.56 Å². The fraction of sp³-hybridized carbons (Fsp3) is 0.571. The van der Waals surface area contributed by atoms with Crippen molar-refractivity contribution in [3.8, 4) is 0 Å². The molecule has 0 saturated carbocycles. The molecule has 0 spiro atoms. The van der Waals surface area contributed by atoms with E-state index in [0.717, 1.165) is 0 Å². The van der Waals surface area contributed by atoms with Crippen molar-refractivity contribution in [2.75, 3.05) is 0 Å². The summed E-state index contributed by atoms with van der Waals surface area (Å²) in [6.07, 6.45) is 0. The molecule has 7 heteroatoms. The van der Waals surface area contributed by atoms with Gasteiger partial charge in [-0.3, -0.25) is 0 Å². The number of nitrogens with one attached hydrogen (secondary N) is 1. The van der Waals surface area contributed by atoms with Crippen molar-refractivity contribution in [2.24, 2.45) is 0 Å². The zero-order chi connectivity index (χ0) is 16.6. The first kappa shape index (κ1) is 18.2. The van der Waals surface area contributed by atoms with Crippen LogP contribution in [-0.4, -0.2) is 31.1 Å². The average Bonchev–Trinajstić information content (AvgIpc) is 2.23. The van der Waals surface area contributed by atoms with Gasteiger partial charge in [0.2, 0.25) is 10.0 Å². The smallest absolute Gasteiger partial charge is 0.423 e. The van der Waals surface area contributed by atoms with Gasteiger partial charge in [-0.2, -0.15) is 0 Å². The van der Waals surface area contributed by atoms with Crippen LogP contribution in [0.3, 0.4) is 0 Å². The summed E-state index contributed by atoms with van der Waals surface area (Å²) in [6.45, 7) is 11.0. The summed E-state index contributed by atoms with van der Waals surface area (Å²) in [5, 5.41) is 18.6. The topological polar surface area (TPSA) is 86.6 Å². The minimum absolute atomic E-state index is 0.161. The predicted octanol–water partition coefficient (Wildman–Crippen LogP) is 0.741. The lowest BCUT2D eigenvalue weighted by molar-refractivity contribution is 0.425. The van der Waals surface area contributed by atoms with Crippen molar-refractivity contribution < 1.29 is 18.5 Å². The van der Waals surface area contributed by atoms with E-state index < -0.39 is 28.1 Å². The predicted molar refractivity (Wildman–Crippen MR) is 85.0 cm³/mol. The van der Waals surface area contributed by atoms with Crippen molar-refractivity contribution in [3.05, 3.63) is 23.8 Å². The van der Waals surface area contributed by atoms with E-state index in [1.807, 2.05) is 20.8 Å². The van der Waals surface area contributed by atoms with Crippen molar-refractivity contribution in [2.45, 2.75) is 57.4 Å². The summed E-state index contributed by atoms with van der Waals surface area (Å²) in [6, 6.07) is 4.36. The van der Waals surface area contributed by atoms with Gasteiger partial charge in [-0.05, 0) is 43.3 Å². The molecule has 0 bridgehead atoms. The summed E-state index contributed by atoms with van der Waals surface area (Å²) in [4.78, 5) is 0.161. The second kappa shape index (κ2) is 5.72. The van der Waals surface area contributed by atoms with Crippen LogP contribution in [0, 0.1) is 0 Å². The van der Waals surface area contributed by atoms with Crippen LogP contribution in [0.4, 0.5) is 0 Å². The van der Waals surface area contributed by atoms with Gasteiger partial charge in [0.25, 0.3) is 0 Å². The Labute approximate surface area is 127 Å². The summed E-state index contributed by atoms with van der Waals surface area (Å²) in [5.41, 5.74) is -0.227. The van der Waals surface area contributed by atoms with Crippen molar-refractivity contribution >= 4 is 22.6 Å². The average molecular weight is 313 g/mol. The highest BCUT2D eigenvalue weighted by atomic mass is 32.2. The van der Waals surface area contributed by atoms with Gasteiger partial charge < -0.3 is 10.0 Å². The minimum atomic E-state index is -3.69. The maximum atomic E-state index is 12.6. The number of hydrogen-bond acceptors (Lipinski definition) is 4. The van der Waals surface area contributed by atoms with Gasteiger partial charge in [-0.25, -0.2) is 13.1 Å². The lowest BCUT2D eigenvalue weighted by atomic mass is 9.76. The molecule has 0 aliphatic carbocycles. The monoisotopic (exact) mass is 313 g/mol. The molecule has 0 aromatic heterocycles. The van der Waals surface area contributed by atoms with Gasteiger partial charge in [-0.1, -0.05) is 32.9 Å². The highest BCUT2D eigenvalue weighted by Gasteiger charge is 2.30. The fourth-order valence-electron chi connectivity index (χ4n) is 1.99. The molecule has 3 N–H and O–H groups in total. The van der Waals surface area contributed by atoms with Crippen molar-refractivity contribution in [3.63, 3.8) is 0 Å². The first-order valence-corrected chi connectivity index (χ1v) is 8.27. The molecule has 0 fully saturated rings. The Kier molecular flexibility index (Phi) is 4.95. The maximum absolute atomic E-state index is 12.6. The Morgan fingerprint density at radius 3 is 1.95 bits per heavy atom. The summed E-state index contributed by atoms with van der Waals surface area (Å²) < 4.78 is 27.7. The van der Waals surface area contributed by atoms with Gasteiger partial charge in [0.05, 0.1) is 4.90 Å². The first-order valence-electron chi connectivity index (χ1n) is 6.78. The third kappa shape index (κ3) is 4.81. The highest BCUT2D eigenvalue weighted by Crippen LogP contribution is 2.28. The molecule has 0 atom stereocenters. The van der Waals surface area contributed by atoms with E-state index in [-0.39, 0.29) is 10.4 Å². The lowest BCUT2D eigenvalue weighted by Crippen LogP contribution is -2.41. The van der Waals surface area contributed by atoms with Crippen LogP contribution in [0.5, 0.6) is 0 Å². The van der Waals surface area contributed by atoms with Gasteiger partial charge in [0.15, 0.2) is 0 Å². The molecule has 0 saturated heterocycles. The summed E-state index contributed by atoms with van der Waals surface area (Å²) in [7, 11) is -5.31. The van der Waals surface area contributed by atoms with Crippen molar-refractivity contribution in [1.29, 1.82) is 0 Å². The Morgan fingerprint density at radius 1 is 1.05 bits per heavy atom. The van der Waals surface area contributed by atoms with E-state index in [4.69, 9.17) is 0 Å². The van der Waals surface area contributed by atoms with Crippen LogP contribution in [0.2, 0.25) is 0 Å². The minimum Gasteiger partial charge on any atom is -0.423 e. The Bertz CT molecular complexity index is 613. The molecular weight excluding hydrogens is 289 g/mol. The standard InChI is InChI=1S/C14H24BNO4S/c1-13(2,3)11-9-10(15(17)18)7-8-12(11)21(19,20)16-14(4,5)6/h7-9,16-18H,1-6H3. The summed E-state index contributed by atoms with van der Waals surface area (Å²) in [5.74, 6) is 0. The molecule has 0 radical (unpaired) electrons. The number of rotatable bonds is 3. The van der Waals surface area contributed by atoms with Crippen LogP contribution in [0.1, 0.15) is 47.1 Å². The molecule has 0 amide bonds. The molecule has 118 valence electrons. The molecule has 5 nitrogen and oxygen atoms in total. The van der Waals surface area contributed by atoms with E-state index in [9.17, 15) is 18.5 Å². The molecule has 1 aromatic carbocycles. The van der Waals surface area contributed by atoms with E-state index in [2.05, 4.69) is 4.72 Å². The van der Waals surface area contributed by atoms with Crippen molar-refractivity contribution in [1.82, 2.24) is 4.72 Å². The number of benzene rings is 1. The van der Waals surface area contributed by atoms with E-state index in [1.54, 1.807) is 20.8 Å². The lowest BCUT2D eigenvalue weighted by Gasteiger charge is -2.26. The zero-order valence-electron chi connectivity index (χ0n) is 13.4.